The number of carboxylic acid groups (broad SMARTS) is 1. The maximum atomic E-state index is 11.7. The lowest BCUT2D eigenvalue weighted by Gasteiger charge is -2.14. The van der Waals surface area contributed by atoms with Crippen LogP contribution < -0.4 is 21.3 Å². The van der Waals surface area contributed by atoms with Gasteiger partial charge in [0.1, 0.15) is 6.04 Å². The molecule has 136 valence electrons. The quantitative estimate of drug-likeness (QED) is 0.313. The highest BCUT2D eigenvalue weighted by Crippen LogP contribution is 2.04. The second-order valence-electron chi connectivity index (χ2n) is 5.38. The van der Waals surface area contributed by atoms with Crippen molar-refractivity contribution in [3.05, 3.63) is 0 Å². The predicted molar refractivity (Wildman–Crippen MR) is 89.6 cm³/mol. The number of carbonyl (C=O) groups excluding carboxylic acids is 3. The van der Waals surface area contributed by atoms with Gasteiger partial charge in [0.2, 0.25) is 17.7 Å². The van der Waals surface area contributed by atoms with Gasteiger partial charge in [-0.05, 0) is 37.8 Å². The van der Waals surface area contributed by atoms with Gasteiger partial charge in [0, 0.05) is 0 Å². The van der Waals surface area contributed by atoms with Crippen molar-refractivity contribution >= 4 is 35.5 Å². The summed E-state index contributed by atoms with van der Waals surface area (Å²) >= 11 is 1.48. The van der Waals surface area contributed by atoms with Crippen LogP contribution in [0.15, 0.2) is 0 Å². The Hall–Kier alpha value is -1.81. The monoisotopic (exact) mass is 360 g/mol. The van der Waals surface area contributed by atoms with E-state index < -0.39 is 23.8 Å². The van der Waals surface area contributed by atoms with Gasteiger partial charge in [0.15, 0.2) is 0 Å². The van der Waals surface area contributed by atoms with Crippen LogP contribution in [0.25, 0.3) is 0 Å². The van der Waals surface area contributed by atoms with Crippen molar-refractivity contribution in [3.63, 3.8) is 0 Å². The van der Waals surface area contributed by atoms with E-state index in [0.717, 1.165) is 19.4 Å². The van der Waals surface area contributed by atoms with Crippen LogP contribution in [0.1, 0.15) is 19.3 Å². The van der Waals surface area contributed by atoms with E-state index in [9.17, 15) is 19.2 Å². The first kappa shape index (κ1) is 20.2. The smallest absolute Gasteiger partial charge is 0.326 e. The minimum Gasteiger partial charge on any atom is -0.480 e. The second-order valence-corrected chi connectivity index (χ2v) is 6.37. The number of nitrogens with one attached hydrogen (secondary N) is 4. The van der Waals surface area contributed by atoms with Gasteiger partial charge in [-0.2, -0.15) is 11.8 Å². The largest absolute Gasteiger partial charge is 0.480 e. The third kappa shape index (κ3) is 7.64. The van der Waals surface area contributed by atoms with Crippen LogP contribution in [0.4, 0.5) is 0 Å². The summed E-state index contributed by atoms with van der Waals surface area (Å²) < 4.78 is 0. The van der Waals surface area contributed by atoms with Gasteiger partial charge in [-0.15, -0.1) is 0 Å². The molecule has 0 radical (unpaired) electrons. The molecule has 1 aliphatic rings. The van der Waals surface area contributed by atoms with E-state index in [1.54, 1.807) is 0 Å². The molecule has 1 aliphatic heterocycles. The van der Waals surface area contributed by atoms with Gasteiger partial charge in [0.05, 0.1) is 19.1 Å². The van der Waals surface area contributed by atoms with Crippen molar-refractivity contribution in [2.75, 3.05) is 31.6 Å². The Kier molecular flexibility index (Phi) is 9.16. The van der Waals surface area contributed by atoms with Crippen molar-refractivity contribution in [2.24, 2.45) is 0 Å². The standard InChI is InChI=1S/C14H24N4O5S/c1-24-6-4-10(14(22)23)18-12(20)8-16-11(19)7-17-13(21)9-3-2-5-15-9/h9-10,15H,2-8H2,1H3,(H,16,19)(H,17,21)(H,18,20)(H,22,23). The normalized spacial score (nSPS) is 17.8. The van der Waals surface area contributed by atoms with Crippen molar-refractivity contribution in [2.45, 2.75) is 31.3 Å². The predicted octanol–water partition coefficient (Wildman–Crippen LogP) is -1.71. The SMILES string of the molecule is CSCCC(NC(=O)CNC(=O)CNC(=O)C1CCCN1)C(=O)O. The van der Waals surface area contributed by atoms with E-state index >= 15 is 0 Å². The molecule has 1 saturated heterocycles. The van der Waals surface area contributed by atoms with E-state index in [4.69, 9.17) is 5.11 Å². The fraction of sp³-hybridized carbons (Fsp3) is 0.714. The first-order chi connectivity index (χ1) is 11.4. The zero-order chi connectivity index (χ0) is 17.9. The van der Waals surface area contributed by atoms with Gasteiger partial charge in [-0.3, -0.25) is 14.4 Å². The summed E-state index contributed by atoms with van der Waals surface area (Å²) in [5.74, 6) is -1.84. The lowest BCUT2D eigenvalue weighted by Crippen LogP contribution is -2.48. The molecule has 1 rings (SSSR count). The zero-order valence-electron chi connectivity index (χ0n) is 13.6. The van der Waals surface area contributed by atoms with Gasteiger partial charge in [0.25, 0.3) is 0 Å². The van der Waals surface area contributed by atoms with Gasteiger partial charge in [-0.1, -0.05) is 0 Å². The van der Waals surface area contributed by atoms with Crippen molar-refractivity contribution in [3.8, 4) is 0 Å². The summed E-state index contributed by atoms with van der Waals surface area (Å²) in [6, 6.07) is -1.25. The summed E-state index contributed by atoms with van der Waals surface area (Å²) in [6.45, 7) is 0.226. The second kappa shape index (κ2) is 10.9. The molecule has 5 N–H and O–H groups in total. The van der Waals surface area contributed by atoms with Crippen LogP contribution >= 0.6 is 11.8 Å². The van der Waals surface area contributed by atoms with Crippen LogP contribution in [-0.4, -0.2) is 72.5 Å². The van der Waals surface area contributed by atoms with Gasteiger partial charge >= 0.3 is 5.97 Å². The minimum atomic E-state index is -1.11. The summed E-state index contributed by atoms with van der Waals surface area (Å²) in [7, 11) is 0. The van der Waals surface area contributed by atoms with Crippen molar-refractivity contribution in [1.29, 1.82) is 0 Å². The summed E-state index contributed by atoms with van der Waals surface area (Å²) in [5, 5.41) is 19.2. The topological polar surface area (TPSA) is 137 Å². The first-order valence-corrected chi connectivity index (χ1v) is 9.12. The number of rotatable bonds is 10. The lowest BCUT2D eigenvalue weighted by molar-refractivity contribution is -0.141. The molecule has 10 heteroatoms. The highest BCUT2D eigenvalue weighted by molar-refractivity contribution is 7.98. The van der Waals surface area contributed by atoms with Crippen molar-refractivity contribution < 1.29 is 24.3 Å². The molecule has 0 saturated carbocycles. The molecular weight excluding hydrogens is 336 g/mol. The first-order valence-electron chi connectivity index (χ1n) is 7.73. The molecule has 0 aromatic carbocycles. The molecule has 2 unspecified atom stereocenters. The molecule has 1 heterocycles. The zero-order valence-corrected chi connectivity index (χ0v) is 14.4. The molecule has 2 atom stereocenters. The van der Waals surface area contributed by atoms with Gasteiger partial charge in [-0.25, -0.2) is 4.79 Å². The molecule has 0 aromatic heterocycles. The number of hydrogen-bond donors (Lipinski definition) is 5. The van der Waals surface area contributed by atoms with Crippen LogP contribution in [0.2, 0.25) is 0 Å². The average molecular weight is 360 g/mol. The molecule has 0 aromatic rings. The molecule has 0 aliphatic carbocycles. The maximum Gasteiger partial charge on any atom is 0.326 e. The average Bonchev–Trinajstić information content (AvgIpc) is 3.08. The molecule has 3 amide bonds. The van der Waals surface area contributed by atoms with Gasteiger partial charge < -0.3 is 26.4 Å². The van der Waals surface area contributed by atoms with E-state index in [0.29, 0.717) is 12.2 Å². The molecule has 0 spiro atoms. The molecule has 24 heavy (non-hydrogen) atoms. The Labute approximate surface area is 144 Å². The van der Waals surface area contributed by atoms with E-state index in [1.807, 2.05) is 6.26 Å². The highest BCUT2D eigenvalue weighted by Gasteiger charge is 2.22. The number of aliphatic carboxylic acids is 1. The van der Waals surface area contributed by atoms with Crippen LogP contribution in [0.5, 0.6) is 0 Å². The Balaban J connectivity index is 2.23. The third-order valence-corrected chi connectivity index (χ3v) is 4.13. The third-order valence-electron chi connectivity index (χ3n) is 3.49. The van der Waals surface area contributed by atoms with Crippen molar-refractivity contribution in [1.82, 2.24) is 21.3 Å². The summed E-state index contributed by atoms with van der Waals surface area (Å²) in [6.07, 6.45) is 3.81. The Morgan fingerprint density at radius 3 is 2.50 bits per heavy atom. The number of carbonyl (C=O) groups is 4. The van der Waals surface area contributed by atoms with Crippen LogP contribution in [0.3, 0.4) is 0 Å². The summed E-state index contributed by atoms with van der Waals surface area (Å²) in [4.78, 5) is 46.0. The van der Waals surface area contributed by atoms with E-state index in [2.05, 4.69) is 21.3 Å². The fourth-order valence-electron chi connectivity index (χ4n) is 2.18. The van der Waals surface area contributed by atoms with Crippen LogP contribution in [0, 0.1) is 0 Å². The minimum absolute atomic E-state index is 0.223. The number of amides is 3. The Morgan fingerprint density at radius 1 is 1.21 bits per heavy atom. The molecule has 0 bridgehead atoms. The molecule has 1 fully saturated rings. The van der Waals surface area contributed by atoms with E-state index in [-0.39, 0.29) is 25.0 Å². The van der Waals surface area contributed by atoms with E-state index in [1.165, 1.54) is 11.8 Å². The highest BCUT2D eigenvalue weighted by atomic mass is 32.2. The number of hydrogen-bond acceptors (Lipinski definition) is 6. The summed E-state index contributed by atoms with van der Waals surface area (Å²) in [5.41, 5.74) is 0. The molecular formula is C14H24N4O5S. The number of carboxylic acids is 1. The Bertz CT molecular complexity index is 468. The maximum absolute atomic E-state index is 11.7. The van der Waals surface area contributed by atoms with Crippen LogP contribution in [-0.2, 0) is 19.2 Å². The molecule has 9 nitrogen and oxygen atoms in total. The lowest BCUT2D eigenvalue weighted by atomic mass is 10.2. The number of thioether (sulfide) groups is 1. The Morgan fingerprint density at radius 2 is 1.92 bits per heavy atom. The fourth-order valence-corrected chi connectivity index (χ4v) is 2.65.